The third kappa shape index (κ3) is 3.39. The van der Waals surface area contributed by atoms with Gasteiger partial charge in [0.1, 0.15) is 6.04 Å². The fourth-order valence-electron chi connectivity index (χ4n) is 1.73. The van der Waals surface area contributed by atoms with Crippen molar-refractivity contribution in [2.45, 2.75) is 6.04 Å². The molecule has 0 saturated carbocycles. The van der Waals surface area contributed by atoms with Crippen LogP contribution in [0.3, 0.4) is 0 Å². The van der Waals surface area contributed by atoms with Gasteiger partial charge in [-0.3, -0.25) is 4.79 Å². The van der Waals surface area contributed by atoms with Gasteiger partial charge in [0.05, 0.1) is 5.88 Å². The summed E-state index contributed by atoms with van der Waals surface area (Å²) in [6.45, 7) is 0. The highest BCUT2D eigenvalue weighted by Gasteiger charge is 2.33. The molecule has 1 aliphatic heterocycles. The number of carboxylic acid groups (broad SMARTS) is 1. The van der Waals surface area contributed by atoms with E-state index in [1.165, 1.54) is 22.7 Å². The van der Waals surface area contributed by atoms with Crippen LogP contribution in [0.15, 0.2) is 34.8 Å². The minimum atomic E-state index is -0.951. The molecular formula is C13H12BrNO3S. The summed E-state index contributed by atoms with van der Waals surface area (Å²) in [4.78, 5) is 24.4. The summed E-state index contributed by atoms with van der Waals surface area (Å²) >= 11 is 4.84. The Bertz CT molecular complexity index is 532. The summed E-state index contributed by atoms with van der Waals surface area (Å²) in [6.07, 6.45) is 3.11. The van der Waals surface area contributed by atoms with Crippen LogP contribution in [0.4, 0.5) is 0 Å². The average molecular weight is 342 g/mol. The van der Waals surface area contributed by atoms with E-state index in [1.54, 1.807) is 6.08 Å². The Morgan fingerprint density at radius 3 is 2.84 bits per heavy atom. The van der Waals surface area contributed by atoms with Crippen LogP contribution in [-0.2, 0) is 9.59 Å². The van der Waals surface area contributed by atoms with Gasteiger partial charge in [-0.2, -0.15) is 0 Å². The van der Waals surface area contributed by atoms with Crippen LogP contribution >= 0.6 is 27.7 Å². The number of benzene rings is 1. The van der Waals surface area contributed by atoms with Crippen molar-refractivity contribution in [3.8, 4) is 0 Å². The van der Waals surface area contributed by atoms with Crippen molar-refractivity contribution in [1.29, 1.82) is 0 Å². The Kier molecular flexibility index (Phi) is 4.66. The first-order chi connectivity index (χ1) is 9.09. The van der Waals surface area contributed by atoms with E-state index in [4.69, 9.17) is 5.11 Å². The highest BCUT2D eigenvalue weighted by atomic mass is 79.9. The summed E-state index contributed by atoms with van der Waals surface area (Å²) in [7, 11) is 0. The topological polar surface area (TPSA) is 57.6 Å². The number of rotatable bonds is 3. The molecule has 0 radical (unpaired) electrons. The fraction of sp³-hybridized carbons (Fsp3) is 0.231. The lowest BCUT2D eigenvalue weighted by atomic mass is 10.2. The van der Waals surface area contributed by atoms with Gasteiger partial charge in [0.25, 0.3) is 0 Å². The van der Waals surface area contributed by atoms with Crippen LogP contribution in [0.25, 0.3) is 6.08 Å². The Morgan fingerprint density at radius 2 is 2.16 bits per heavy atom. The largest absolute Gasteiger partial charge is 0.480 e. The molecule has 1 fully saturated rings. The number of carboxylic acids is 1. The van der Waals surface area contributed by atoms with Crippen LogP contribution in [0.1, 0.15) is 5.56 Å². The van der Waals surface area contributed by atoms with Crippen LogP contribution in [0.2, 0.25) is 0 Å². The summed E-state index contributed by atoms with van der Waals surface area (Å²) in [6, 6.07) is 6.81. The van der Waals surface area contributed by atoms with Crippen LogP contribution in [0.5, 0.6) is 0 Å². The van der Waals surface area contributed by atoms with Crippen molar-refractivity contribution in [3.05, 3.63) is 40.4 Å². The molecule has 0 aliphatic carbocycles. The monoisotopic (exact) mass is 341 g/mol. The molecule has 2 rings (SSSR count). The molecule has 0 bridgehead atoms. The molecule has 0 aromatic heterocycles. The van der Waals surface area contributed by atoms with E-state index in [9.17, 15) is 9.59 Å². The van der Waals surface area contributed by atoms with E-state index in [-0.39, 0.29) is 5.91 Å². The number of amides is 1. The van der Waals surface area contributed by atoms with Crippen molar-refractivity contribution in [2.75, 3.05) is 11.6 Å². The Hall–Kier alpha value is -1.27. The standard InChI is InChI=1S/C13H12BrNO3S/c14-10-4-2-1-3-9(10)5-6-12(16)15-8-19-7-11(15)13(17)18/h1-6,11H,7-8H2,(H,17,18)/b6-5+/t11-/m0/s1. The number of thioether (sulfide) groups is 1. The maximum Gasteiger partial charge on any atom is 0.327 e. The first-order valence-electron chi connectivity index (χ1n) is 5.63. The van der Waals surface area contributed by atoms with E-state index in [2.05, 4.69) is 15.9 Å². The van der Waals surface area contributed by atoms with Gasteiger partial charge in [-0.15, -0.1) is 11.8 Å². The lowest BCUT2D eigenvalue weighted by Crippen LogP contribution is -2.40. The lowest BCUT2D eigenvalue weighted by Gasteiger charge is -2.18. The van der Waals surface area contributed by atoms with E-state index in [0.717, 1.165) is 10.0 Å². The lowest BCUT2D eigenvalue weighted by molar-refractivity contribution is -0.146. The SMILES string of the molecule is O=C(O)[C@@H]1CSCN1C(=O)/C=C/c1ccccc1Br. The third-order valence-corrected chi connectivity index (χ3v) is 4.50. The van der Waals surface area contributed by atoms with Crippen molar-refractivity contribution in [3.63, 3.8) is 0 Å². The molecule has 1 aromatic rings. The van der Waals surface area contributed by atoms with Gasteiger partial charge in [-0.1, -0.05) is 34.1 Å². The second-order valence-corrected chi connectivity index (χ2v) is 5.87. The molecule has 6 heteroatoms. The second kappa shape index (κ2) is 6.25. The fourth-order valence-corrected chi connectivity index (χ4v) is 3.30. The molecule has 1 amide bonds. The molecule has 1 aliphatic rings. The molecule has 1 saturated heterocycles. The number of carbonyl (C=O) groups is 2. The van der Waals surface area contributed by atoms with E-state index >= 15 is 0 Å². The quantitative estimate of drug-likeness (QED) is 0.858. The van der Waals surface area contributed by atoms with Gasteiger partial charge in [0, 0.05) is 16.3 Å². The van der Waals surface area contributed by atoms with Gasteiger partial charge >= 0.3 is 5.97 Å². The zero-order valence-corrected chi connectivity index (χ0v) is 12.4. The third-order valence-electron chi connectivity index (χ3n) is 2.76. The van der Waals surface area contributed by atoms with E-state index in [1.807, 2.05) is 24.3 Å². The predicted octanol–water partition coefficient (Wildman–Crippen LogP) is 2.45. The Morgan fingerprint density at radius 1 is 1.42 bits per heavy atom. The smallest absolute Gasteiger partial charge is 0.327 e. The van der Waals surface area contributed by atoms with Crippen molar-refractivity contribution in [1.82, 2.24) is 4.90 Å². The average Bonchev–Trinajstić information content (AvgIpc) is 2.87. The second-order valence-electron chi connectivity index (χ2n) is 4.02. The first kappa shape index (κ1) is 14.1. The molecular weight excluding hydrogens is 330 g/mol. The summed E-state index contributed by atoms with van der Waals surface area (Å²) in [5, 5.41) is 9.02. The van der Waals surface area contributed by atoms with Crippen LogP contribution < -0.4 is 0 Å². The Balaban J connectivity index is 2.09. The van der Waals surface area contributed by atoms with Gasteiger partial charge in [0.15, 0.2) is 0 Å². The number of carbonyl (C=O) groups excluding carboxylic acids is 1. The number of aliphatic carboxylic acids is 1. The normalized spacial score (nSPS) is 19.0. The van der Waals surface area contributed by atoms with Crippen molar-refractivity contribution < 1.29 is 14.7 Å². The molecule has 0 spiro atoms. The molecule has 19 heavy (non-hydrogen) atoms. The van der Waals surface area contributed by atoms with Crippen molar-refractivity contribution in [2.24, 2.45) is 0 Å². The van der Waals surface area contributed by atoms with Gasteiger partial charge < -0.3 is 10.0 Å². The molecule has 1 N–H and O–H groups in total. The van der Waals surface area contributed by atoms with Crippen LogP contribution in [0, 0.1) is 0 Å². The van der Waals surface area contributed by atoms with E-state index in [0.29, 0.717) is 11.6 Å². The first-order valence-corrected chi connectivity index (χ1v) is 7.58. The Labute approximate surface area is 123 Å². The van der Waals surface area contributed by atoms with Gasteiger partial charge in [-0.25, -0.2) is 4.79 Å². The van der Waals surface area contributed by atoms with Crippen molar-refractivity contribution >= 4 is 45.6 Å². The van der Waals surface area contributed by atoms with Gasteiger partial charge in [-0.05, 0) is 17.7 Å². The number of hydrogen-bond donors (Lipinski definition) is 1. The zero-order chi connectivity index (χ0) is 13.8. The molecule has 4 nitrogen and oxygen atoms in total. The molecule has 1 heterocycles. The number of nitrogens with zero attached hydrogens (tertiary/aromatic N) is 1. The predicted molar refractivity (Wildman–Crippen MR) is 78.8 cm³/mol. The summed E-state index contributed by atoms with van der Waals surface area (Å²) < 4.78 is 0.893. The maximum atomic E-state index is 12.0. The number of hydrogen-bond acceptors (Lipinski definition) is 3. The maximum absolute atomic E-state index is 12.0. The minimum Gasteiger partial charge on any atom is -0.480 e. The highest BCUT2D eigenvalue weighted by molar-refractivity contribution is 9.10. The summed E-state index contributed by atoms with van der Waals surface area (Å²) in [5.41, 5.74) is 0.884. The van der Waals surface area contributed by atoms with Crippen LogP contribution in [-0.4, -0.2) is 39.6 Å². The molecule has 0 unspecified atom stereocenters. The molecule has 100 valence electrons. The minimum absolute atomic E-state index is 0.270. The van der Waals surface area contributed by atoms with Gasteiger partial charge in [0.2, 0.25) is 5.91 Å². The molecule has 1 atom stereocenters. The summed E-state index contributed by atoms with van der Waals surface area (Å²) in [5.74, 6) is -0.346. The molecule has 1 aromatic carbocycles. The number of halogens is 1. The van der Waals surface area contributed by atoms with E-state index < -0.39 is 12.0 Å². The zero-order valence-electron chi connectivity index (χ0n) is 9.95. The highest BCUT2D eigenvalue weighted by Crippen LogP contribution is 2.22.